The number of rotatable bonds is 7. The molecular weight excluding hydrogens is 396 g/mol. The molecule has 2 atom stereocenters. The summed E-state index contributed by atoms with van der Waals surface area (Å²) in [4.78, 5) is 15.4. The number of aryl methyl sites for hydroxylation is 1. The van der Waals surface area contributed by atoms with Crippen LogP contribution in [0.25, 0.3) is 0 Å². The normalized spacial score (nSPS) is 20.5. The molecule has 5 nitrogen and oxygen atoms in total. The van der Waals surface area contributed by atoms with Crippen molar-refractivity contribution < 1.29 is 13.2 Å². The molecule has 3 rings (SSSR count). The van der Waals surface area contributed by atoms with Gasteiger partial charge in [0.1, 0.15) is 6.04 Å². The first-order valence-electron chi connectivity index (χ1n) is 10.3. The van der Waals surface area contributed by atoms with E-state index in [4.69, 9.17) is 0 Å². The molecule has 0 bridgehead atoms. The lowest BCUT2D eigenvalue weighted by Crippen LogP contribution is -2.62. The predicted molar refractivity (Wildman–Crippen MR) is 119 cm³/mol. The van der Waals surface area contributed by atoms with E-state index in [9.17, 15) is 13.2 Å². The summed E-state index contributed by atoms with van der Waals surface area (Å²) in [7, 11) is -3.85. The standard InChI is InChI=1S/C24H30N2O3S/c1-5-21-17-25(16-20-9-7-6-8-10-20)24(27)23(15-18(2)3)26(21)30(28,29)22-13-11-19(4)12-14-22/h5-14,18,21,23H,1,15-17H2,2-4H3/t21-,23-/m0/s1. The molecule has 0 unspecified atom stereocenters. The van der Waals surface area contributed by atoms with Gasteiger partial charge in [-0.3, -0.25) is 4.79 Å². The largest absolute Gasteiger partial charge is 0.335 e. The molecule has 0 saturated carbocycles. The molecule has 1 fully saturated rings. The third-order valence-electron chi connectivity index (χ3n) is 5.42. The highest BCUT2D eigenvalue weighted by atomic mass is 32.2. The number of piperazine rings is 1. The van der Waals surface area contributed by atoms with Gasteiger partial charge in [-0.2, -0.15) is 4.31 Å². The molecule has 0 N–H and O–H groups in total. The first-order chi connectivity index (χ1) is 14.2. The second-order valence-corrected chi connectivity index (χ2v) is 10.1. The van der Waals surface area contributed by atoms with Crippen molar-refractivity contribution in [1.82, 2.24) is 9.21 Å². The first-order valence-corrected chi connectivity index (χ1v) is 11.7. The fourth-order valence-corrected chi connectivity index (χ4v) is 5.64. The van der Waals surface area contributed by atoms with E-state index in [0.29, 0.717) is 13.0 Å². The van der Waals surface area contributed by atoms with Gasteiger partial charge in [0.25, 0.3) is 0 Å². The van der Waals surface area contributed by atoms with Crippen molar-refractivity contribution in [2.24, 2.45) is 5.92 Å². The summed E-state index contributed by atoms with van der Waals surface area (Å²) in [5.41, 5.74) is 2.00. The average Bonchev–Trinajstić information content (AvgIpc) is 2.71. The predicted octanol–water partition coefficient (Wildman–Crippen LogP) is 4.00. The molecule has 0 aliphatic carbocycles. The summed E-state index contributed by atoms with van der Waals surface area (Å²) in [5.74, 6) is 0.0122. The van der Waals surface area contributed by atoms with E-state index in [1.54, 1.807) is 35.2 Å². The van der Waals surface area contributed by atoms with Gasteiger partial charge in [-0.15, -0.1) is 6.58 Å². The quantitative estimate of drug-likeness (QED) is 0.629. The number of amides is 1. The highest BCUT2D eigenvalue weighted by Gasteiger charge is 2.46. The van der Waals surface area contributed by atoms with Crippen LogP contribution in [0.2, 0.25) is 0 Å². The number of nitrogens with zero attached hydrogens (tertiary/aromatic N) is 2. The molecule has 6 heteroatoms. The molecule has 1 heterocycles. The summed E-state index contributed by atoms with van der Waals surface area (Å²) >= 11 is 0. The molecule has 1 saturated heterocycles. The van der Waals surface area contributed by atoms with E-state index < -0.39 is 22.1 Å². The van der Waals surface area contributed by atoms with Crippen molar-refractivity contribution in [3.05, 3.63) is 78.4 Å². The molecule has 1 amide bonds. The zero-order valence-corrected chi connectivity index (χ0v) is 18.7. The van der Waals surface area contributed by atoms with Gasteiger partial charge in [0.05, 0.1) is 10.9 Å². The summed E-state index contributed by atoms with van der Waals surface area (Å²) < 4.78 is 28.5. The van der Waals surface area contributed by atoms with Crippen LogP contribution in [0.4, 0.5) is 0 Å². The number of hydrogen-bond donors (Lipinski definition) is 0. The Bertz CT molecular complexity index is 985. The van der Waals surface area contributed by atoms with Crippen LogP contribution < -0.4 is 0 Å². The SMILES string of the molecule is C=C[C@H]1CN(Cc2ccccc2)C(=O)[C@H](CC(C)C)N1S(=O)(=O)c1ccc(C)cc1. The van der Waals surface area contributed by atoms with Gasteiger partial charge in [0, 0.05) is 13.1 Å². The monoisotopic (exact) mass is 426 g/mol. The third-order valence-corrected chi connectivity index (χ3v) is 7.37. The van der Waals surface area contributed by atoms with Gasteiger partial charge >= 0.3 is 0 Å². The molecule has 1 aliphatic heterocycles. The van der Waals surface area contributed by atoms with Gasteiger partial charge < -0.3 is 4.90 Å². The van der Waals surface area contributed by atoms with E-state index in [-0.39, 0.29) is 23.3 Å². The minimum Gasteiger partial charge on any atom is -0.335 e. The fraction of sp³-hybridized carbons (Fsp3) is 0.375. The van der Waals surface area contributed by atoms with Crippen LogP contribution in [0.5, 0.6) is 0 Å². The maximum Gasteiger partial charge on any atom is 0.244 e. The molecule has 1 aliphatic rings. The molecule has 2 aromatic carbocycles. The van der Waals surface area contributed by atoms with Gasteiger partial charge in [0.2, 0.25) is 15.9 Å². The first kappa shape index (κ1) is 22.2. The van der Waals surface area contributed by atoms with Crippen LogP contribution in [0, 0.1) is 12.8 Å². The molecule has 2 aromatic rings. The second kappa shape index (κ2) is 9.14. The number of hydrogen-bond acceptors (Lipinski definition) is 3. The van der Waals surface area contributed by atoms with Crippen LogP contribution >= 0.6 is 0 Å². The average molecular weight is 427 g/mol. The maximum absolute atomic E-state index is 13.6. The summed E-state index contributed by atoms with van der Waals surface area (Å²) in [6.07, 6.45) is 2.10. The minimum absolute atomic E-state index is 0.152. The van der Waals surface area contributed by atoms with E-state index in [2.05, 4.69) is 6.58 Å². The molecule has 0 spiro atoms. The Morgan fingerprint density at radius 1 is 1.10 bits per heavy atom. The van der Waals surface area contributed by atoms with E-state index in [1.165, 1.54) is 4.31 Å². The Balaban J connectivity index is 2.00. The van der Waals surface area contributed by atoms with E-state index in [0.717, 1.165) is 11.1 Å². The molecule has 30 heavy (non-hydrogen) atoms. The Kier molecular flexibility index (Phi) is 6.78. The van der Waals surface area contributed by atoms with Gasteiger partial charge in [-0.25, -0.2) is 8.42 Å². The lowest BCUT2D eigenvalue weighted by Gasteiger charge is -2.44. The van der Waals surface area contributed by atoms with Crippen LogP contribution in [-0.4, -0.2) is 42.2 Å². The van der Waals surface area contributed by atoms with Crippen LogP contribution in [0.1, 0.15) is 31.4 Å². The van der Waals surface area contributed by atoms with Crippen molar-refractivity contribution in [1.29, 1.82) is 0 Å². The number of carbonyl (C=O) groups is 1. The summed E-state index contributed by atoms with van der Waals surface area (Å²) in [5, 5.41) is 0. The Hall–Kier alpha value is -2.44. The van der Waals surface area contributed by atoms with E-state index in [1.807, 2.05) is 51.1 Å². The molecule has 160 valence electrons. The van der Waals surface area contributed by atoms with Crippen LogP contribution in [-0.2, 0) is 21.4 Å². The molecule has 0 aromatic heterocycles. The van der Waals surface area contributed by atoms with Crippen LogP contribution in [0.3, 0.4) is 0 Å². The highest BCUT2D eigenvalue weighted by molar-refractivity contribution is 7.89. The Morgan fingerprint density at radius 3 is 2.30 bits per heavy atom. The Labute approximate surface area is 180 Å². The maximum atomic E-state index is 13.6. The van der Waals surface area contributed by atoms with Crippen molar-refractivity contribution in [2.45, 2.75) is 50.7 Å². The van der Waals surface area contributed by atoms with E-state index >= 15 is 0 Å². The van der Waals surface area contributed by atoms with Gasteiger partial charge in [-0.1, -0.05) is 68.0 Å². The van der Waals surface area contributed by atoms with Crippen molar-refractivity contribution in [3.8, 4) is 0 Å². The smallest absolute Gasteiger partial charge is 0.244 e. The van der Waals surface area contributed by atoms with Crippen molar-refractivity contribution in [2.75, 3.05) is 6.54 Å². The van der Waals surface area contributed by atoms with Gasteiger partial charge in [0.15, 0.2) is 0 Å². The third kappa shape index (κ3) is 4.65. The lowest BCUT2D eigenvalue weighted by molar-refractivity contribution is -0.141. The Morgan fingerprint density at radius 2 is 1.73 bits per heavy atom. The second-order valence-electron chi connectivity index (χ2n) is 8.30. The van der Waals surface area contributed by atoms with Crippen molar-refractivity contribution in [3.63, 3.8) is 0 Å². The van der Waals surface area contributed by atoms with Gasteiger partial charge in [-0.05, 0) is 37.0 Å². The number of benzene rings is 2. The number of sulfonamides is 1. The van der Waals surface area contributed by atoms with Crippen LogP contribution in [0.15, 0.2) is 72.1 Å². The zero-order chi connectivity index (χ0) is 21.9. The topological polar surface area (TPSA) is 57.7 Å². The molecular formula is C24H30N2O3S. The summed E-state index contributed by atoms with van der Waals surface area (Å²) in [6.45, 7) is 10.6. The molecule has 0 radical (unpaired) electrons. The zero-order valence-electron chi connectivity index (χ0n) is 17.9. The lowest BCUT2D eigenvalue weighted by atomic mass is 9.98. The summed E-state index contributed by atoms with van der Waals surface area (Å²) in [6, 6.07) is 15.3. The minimum atomic E-state index is -3.85. The van der Waals surface area contributed by atoms with Crippen molar-refractivity contribution >= 4 is 15.9 Å². The number of carbonyl (C=O) groups excluding carboxylic acids is 1. The highest BCUT2D eigenvalue weighted by Crippen LogP contribution is 2.31. The fourth-order valence-electron chi connectivity index (χ4n) is 3.90.